The maximum atomic E-state index is 12.6. The van der Waals surface area contributed by atoms with E-state index < -0.39 is 0 Å². The second-order valence-corrected chi connectivity index (χ2v) is 9.60. The van der Waals surface area contributed by atoms with Gasteiger partial charge in [0.15, 0.2) is 0 Å². The lowest BCUT2D eigenvalue weighted by atomic mass is 9.40. The molecular formula is C21H32O3. The van der Waals surface area contributed by atoms with Gasteiger partial charge in [0.1, 0.15) is 0 Å². The van der Waals surface area contributed by atoms with Gasteiger partial charge in [-0.3, -0.25) is 4.79 Å². The highest BCUT2D eigenvalue weighted by atomic mass is 16.5. The van der Waals surface area contributed by atoms with Crippen LogP contribution in [0.15, 0.2) is 12.2 Å². The van der Waals surface area contributed by atoms with Crippen LogP contribution >= 0.6 is 0 Å². The Morgan fingerprint density at radius 1 is 1.17 bits per heavy atom. The van der Waals surface area contributed by atoms with Crippen LogP contribution in [0.2, 0.25) is 0 Å². The molecule has 0 radical (unpaired) electrons. The minimum absolute atomic E-state index is 0.0274. The third kappa shape index (κ3) is 1.80. The molecule has 4 aliphatic carbocycles. The first-order chi connectivity index (χ1) is 11.3. The Morgan fingerprint density at radius 2 is 1.92 bits per heavy atom. The van der Waals surface area contributed by atoms with Crippen molar-refractivity contribution in [3.8, 4) is 0 Å². The van der Waals surface area contributed by atoms with E-state index in [2.05, 4.69) is 20.4 Å². The minimum Gasteiger partial charge on any atom is -0.469 e. The predicted octanol–water partition coefficient (Wildman–Crippen LogP) is 4.10. The van der Waals surface area contributed by atoms with Crippen LogP contribution in [0.25, 0.3) is 0 Å². The fourth-order valence-corrected chi connectivity index (χ4v) is 7.84. The molecule has 4 rings (SSSR count). The molecule has 134 valence electrons. The highest BCUT2D eigenvalue weighted by molar-refractivity contribution is 5.77. The lowest BCUT2D eigenvalue weighted by Crippen LogP contribution is -2.60. The molecule has 1 spiro atoms. The third-order valence-corrected chi connectivity index (χ3v) is 8.87. The summed E-state index contributed by atoms with van der Waals surface area (Å²) in [7, 11) is 1.53. The Morgan fingerprint density at radius 3 is 2.62 bits per heavy atom. The predicted molar refractivity (Wildman–Crippen MR) is 93.2 cm³/mol. The van der Waals surface area contributed by atoms with E-state index in [1.807, 2.05) is 0 Å². The van der Waals surface area contributed by atoms with Crippen LogP contribution in [0.3, 0.4) is 0 Å². The van der Waals surface area contributed by atoms with Crippen LogP contribution in [0.5, 0.6) is 0 Å². The van der Waals surface area contributed by atoms with Crippen molar-refractivity contribution >= 4 is 5.97 Å². The summed E-state index contributed by atoms with van der Waals surface area (Å²) in [5, 5.41) is 11.1. The van der Waals surface area contributed by atoms with E-state index in [9.17, 15) is 9.90 Å². The van der Waals surface area contributed by atoms with Crippen LogP contribution in [0.1, 0.15) is 65.2 Å². The zero-order valence-electron chi connectivity index (χ0n) is 15.4. The number of hydrogen-bond acceptors (Lipinski definition) is 3. The number of fused-ring (bicyclic) bond motifs is 3. The van der Waals surface area contributed by atoms with Crippen LogP contribution < -0.4 is 0 Å². The van der Waals surface area contributed by atoms with Crippen LogP contribution in [-0.4, -0.2) is 24.3 Å². The lowest BCUT2D eigenvalue weighted by molar-refractivity contribution is -0.192. The Balaban J connectivity index is 1.76. The van der Waals surface area contributed by atoms with Gasteiger partial charge < -0.3 is 9.84 Å². The van der Waals surface area contributed by atoms with Crippen molar-refractivity contribution in [3.63, 3.8) is 0 Å². The molecule has 0 aromatic rings. The van der Waals surface area contributed by atoms with Crippen molar-refractivity contribution in [2.24, 2.45) is 34.0 Å². The summed E-state index contributed by atoms with van der Waals surface area (Å²) >= 11 is 0. The van der Waals surface area contributed by atoms with E-state index in [-0.39, 0.29) is 28.3 Å². The summed E-state index contributed by atoms with van der Waals surface area (Å²) in [6.07, 6.45) is 8.43. The zero-order valence-corrected chi connectivity index (χ0v) is 15.4. The van der Waals surface area contributed by atoms with Gasteiger partial charge in [0.2, 0.25) is 0 Å². The maximum absolute atomic E-state index is 12.6. The average molecular weight is 332 g/mol. The smallest absolute Gasteiger partial charge is 0.311 e. The Bertz CT molecular complexity index is 584. The fraction of sp³-hybridized carbons (Fsp3) is 0.857. The molecule has 7 atom stereocenters. The summed E-state index contributed by atoms with van der Waals surface area (Å²) in [4.78, 5) is 12.6. The molecule has 0 aromatic heterocycles. The van der Waals surface area contributed by atoms with Crippen molar-refractivity contribution in [3.05, 3.63) is 12.2 Å². The third-order valence-electron chi connectivity index (χ3n) is 8.87. The molecule has 0 aromatic carbocycles. The van der Waals surface area contributed by atoms with E-state index >= 15 is 0 Å². The summed E-state index contributed by atoms with van der Waals surface area (Å²) in [6, 6.07) is 0. The summed E-state index contributed by atoms with van der Waals surface area (Å²) in [6.45, 7) is 8.78. The van der Waals surface area contributed by atoms with Gasteiger partial charge in [-0.25, -0.2) is 0 Å². The molecule has 4 fully saturated rings. The van der Waals surface area contributed by atoms with Gasteiger partial charge in [-0.1, -0.05) is 19.9 Å². The zero-order chi connectivity index (χ0) is 17.3. The summed E-state index contributed by atoms with van der Waals surface area (Å²) in [5.41, 5.74) is 0.891. The molecule has 4 aliphatic rings. The fourth-order valence-electron chi connectivity index (χ4n) is 7.84. The van der Waals surface area contributed by atoms with Gasteiger partial charge in [-0.05, 0) is 80.6 Å². The van der Waals surface area contributed by atoms with Crippen molar-refractivity contribution < 1.29 is 14.6 Å². The van der Waals surface area contributed by atoms with Gasteiger partial charge in [-0.2, -0.15) is 0 Å². The van der Waals surface area contributed by atoms with E-state index in [1.165, 1.54) is 26.4 Å². The van der Waals surface area contributed by atoms with Crippen molar-refractivity contribution in [1.82, 2.24) is 0 Å². The van der Waals surface area contributed by atoms with E-state index in [0.29, 0.717) is 17.8 Å². The average Bonchev–Trinajstić information content (AvgIpc) is 2.74. The van der Waals surface area contributed by atoms with Crippen molar-refractivity contribution in [1.29, 1.82) is 0 Å². The second kappa shape index (κ2) is 5.09. The van der Waals surface area contributed by atoms with E-state index in [1.54, 1.807) is 0 Å². The molecule has 0 heterocycles. The van der Waals surface area contributed by atoms with Gasteiger partial charge in [0, 0.05) is 5.41 Å². The van der Waals surface area contributed by atoms with Crippen molar-refractivity contribution in [2.75, 3.05) is 7.11 Å². The number of esters is 1. The van der Waals surface area contributed by atoms with Gasteiger partial charge in [-0.15, -0.1) is 0 Å². The molecule has 0 unspecified atom stereocenters. The number of hydrogen-bond donors (Lipinski definition) is 1. The molecule has 1 N–H and O–H groups in total. The molecule has 0 saturated heterocycles. The molecule has 0 amide bonds. The monoisotopic (exact) mass is 332 g/mol. The van der Waals surface area contributed by atoms with E-state index in [0.717, 1.165) is 37.7 Å². The first-order valence-corrected chi connectivity index (χ1v) is 9.75. The minimum atomic E-state index is -0.360. The number of methoxy groups -OCH3 is 1. The van der Waals surface area contributed by atoms with E-state index in [4.69, 9.17) is 4.74 Å². The standard InChI is InChI=1S/C21H32O3/c1-13-14-6-7-16-19(2)9-5-10-20(3,18(23)24-4)15(19)8-11-21(16,12-14)17(13)22/h14-17,22H,1,5-12H2,2-4H3/t14-,15+,16+,17+,19-,20+,21-/m1/s1. The largest absolute Gasteiger partial charge is 0.469 e. The molecular weight excluding hydrogens is 300 g/mol. The van der Waals surface area contributed by atoms with Gasteiger partial charge in [0.25, 0.3) is 0 Å². The first kappa shape index (κ1) is 16.6. The molecule has 0 aliphatic heterocycles. The SMILES string of the molecule is C=C1[C@@H]2CC[C@H]3[C@]4(C)CCC[C@](C)(C(=O)OC)[C@H]4CC[C@]3(C2)[C@H]1O. The number of aliphatic hydroxyl groups is 1. The van der Waals surface area contributed by atoms with Crippen LogP contribution in [0.4, 0.5) is 0 Å². The highest BCUT2D eigenvalue weighted by Gasteiger charge is 2.67. The number of rotatable bonds is 1. The number of carbonyl (C=O) groups is 1. The Kier molecular flexibility index (Phi) is 3.53. The lowest BCUT2D eigenvalue weighted by Gasteiger charge is -2.63. The normalized spacial score (nSPS) is 53.2. The molecule has 3 heteroatoms. The summed E-state index contributed by atoms with van der Waals surface area (Å²) < 4.78 is 5.22. The van der Waals surface area contributed by atoms with Crippen LogP contribution in [-0.2, 0) is 9.53 Å². The number of aliphatic hydroxyl groups excluding tert-OH is 1. The van der Waals surface area contributed by atoms with Crippen LogP contribution in [0, 0.1) is 34.0 Å². The second-order valence-electron chi connectivity index (χ2n) is 9.60. The quantitative estimate of drug-likeness (QED) is 0.581. The first-order valence-electron chi connectivity index (χ1n) is 9.75. The number of carbonyl (C=O) groups excluding carboxylic acids is 1. The molecule has 3 nitrogen and oxygen atoms in total. The van der Waals surface area contributed by atoms with Gasteiger partial charge >= 0.3 is 5.97 Å². The Hall–Kier alpha value is -0.830. The topological polar surface area (TPSA) is 46.5 Å². The molecule has 4 saturated carbocycles. The maximum Gasteiger partial charge on any atom is 0.311 e. The number of ether oxygens (including phenoxy) is 1. The highest BCUT2D eigenvalue weighted by Crippen LogP contribution is 2.72. The Labute approximate surface area is 145 Å². The molecule has 2 bridgehead atoms. The summed E-state index contributed by atoms with van der Waals surface area (Å²) in [5.74, 6) is 1.38. The van der Waals surface area contributed by atoms with Gasteiger partial charge in [0.05, 0.1) is 18.6 Å². The molecule has 24 heavy (non-hydrogen) atoms. The van der Waals surface area contributed by atoms with Crippen molar-refractivity contribution in [2.45, 2.75) is 71.3 Å².